The number of hydrogen-bond acceptors (Lipinski definition) is 4. The van der Waals surface area contributed by atoms with Gasteiger partial charge in [-0.1, -0.05) is 5.21 Å². The molecule has 0 spiro atoms. The van der Waals surface area contributed by atoms with Crippen LogP contribution in [0.1, 0.15) is 5.69 Å². The van der Waals surface area contributed by atoms with Crippen molar-refractivity contribution in [1.29, 1.82) is 0 Å². The van der Waals surface area contributed by atoms with Gasteiger partial charge in [0.15, 0.2) is 4.60 Å². The van der Waals surface area contributed by atoms with Crippen molar-refractivity contribution in [2.45, 2.75) is 0 Å². The van der Waals surface area contributed by atoms with Crippen LogP contribution in [0.5, 0.6) is 0 Å². The Morgan fingerprint density at radius 1 is 1.69 bits per heavy atom. The first-order valence-corrected chi connectivity index (χ1v) is 4.25. The number of halogens is 1. The number of nitrogens with zero attached hydrogens (tertiary/aromatic N) is 3. The number of carbonyl (C=O) groups is 1. The Balaban J connectivity index is 2.85. The summed E-state index contributed by atoms with van der Waals surface area (Å²) >= 11 is 3.19. The Hall–Kier alpha value is -1.17. The molecule has 0 aliphatic carbocycles. The summed E-state index contributed by atoms with van der Waals surface area (Å²) in [7, 11) is 3.05. The van der Waals surface area contributed by atoms with Crippen LogP contribution in [0.15, 0.2) is 10.7 Å². The van der Waals surface area contributed by atoms with Gasteiger partial charge in [-0.25, -0.2) is 9.48 Å². The number of hydrogen-bond donors (Lipinski definition) is 0. The minimum Gasteiger partial charge on any atom is -0.466 e. The minimum atomic E-state index is -0.409. The molecule has 0 radical (unpaired) electrons. The molecular weight excluding hydrogens is 238 g/mol. The number of ether oxygens (including phenoxy) is 1. The van der Waals surface area contributed by atoms with Crippen LogP contribution in [0.3, 0.4) is 0 Å². The first-order chi connectivity index (χ1) is 6.15. The molecule has 0 amide bonds. The Morgan fingerprint density at radius 2 is 2.38 bits per heavy atom. The predicted molar refractivity (Wildman–Crippen MR) is 49.8 cm³/mol. The van der Waals surface area contributed by atoms with Crippen LogP contribution >= 0.6 is 15.9 Å². The number of aromatic nitrogens is 3. The van der Waals surface area contributed by atoms with Crippen molar-refractivity contribution in [1.82, 2.24) is 15.0 Å². The van der Waals surface area contributed by atoms with E-state index in [0.717, 1.165) is 0 Å². The molecule has 6 heteroatoms. The summed E-state index contributed by atoms with van der Waals surface area (Å²) in [6.45, 7) is 0. The lowest BCUT2D eigenvalue weighted by Crippen LogP contribution is -1.96. The van der Waals surface area contributed by atoms with Gasteiger partial charge in [-0.3, -0.25) is 0 Å². The summed E-state index contributed by atoms with van der Waals surface area (Å²) in [6.07, 6.45) is 2.89. The van der Waals surface area contributed by atoms with E-state index >= 15 is 0 Å². The number of aryl methyl sites for hydroxylation is 1. The van der Waals surface area contributed by atoms with Crippen LogP contribution in [0.25, 0.3) is 6.08 Å². The van der Waals surface area contributed by atoms with Crippen molar-refractivity contribution < 1.29 is 9.53 Å². The van der Waals surface area contributed by atoms with Crippen LogP contribution in [0.2, 0.25) is 0 Å². The quantitative estimate of drug-likeness (QED) is 0.571. The van der Waals surface area contributed by atoms with Crippen molar-refractivity contribution in [2.24, 2.45) is 7.05 Å². The van der Waals surface area contributed by atoms with E-state index in [9.17, 15) is 4.79 Å². The van der Waals surface area contributed by atoms with E-state index in [1.165, 1.54) is 13.2 Å². The zero-order chi connectivity index (χ0) is 9.84. The summed E-state index contributed by atoms with van der Waals surface area (Å²) in [4.78, 5) is 10.8. The van der Waals surface area contributed by atoms with Crippen LogP contribution < -0.4 is 0 Å². The Kier molecular flexibility index (Phi) is 3.18. The van der Waals surface area contributed by atoms with Gasteiger partial charge < -0.3 is 4.74 Å². The summed E-state index contributed by atoms with van der Waals surface area (Å²) in [5.41, 5.74) is 0.713. The number of carbonyl (C=O) groups excluding carboxylic acids is 1. The summed E-state index contributed by atoms with van der Waals surface area (Å²) in [6, 6.07) is 0. The van der Waals surface area contributed by atoms with Crippen LogP contribution in [0.4, 0.5) is 0 Å². The Labute approximate surface area is 83.5 Å². The molecule has 0 saturated heterocycles. The van der Waals surface area contributed by atoms with Crippen LogP contribution in [0, 0.1) is 0 Å². The Bertz CT molecular complexity index is 326. The lowest BCUT2D eigenvalue weighted by molar-refractivity contribution is -0.134. The fourth-order valence-corrected chi connectivity index (χ4v) is 1.19. The molecule has 0 aliphatic rings. The number of methoxy groups -OCH3 is 1. The highest BCUT2D eigenvalue weighted by atomic mass is 79.9. The fourth-order valence-electron chi connectivity index (χ4n) is 0.731. The molecule has 0 aliphatic heterocycles. The standard InChI is InChI=1S/C7H8BrN3O2/c1-11-5(7(8)9-10-11)3-4-6(12)13-2/h3-4H,1-2H3/b4-3+. The molecule has 0 unspecified atom stereocenters. The molecule has 0 fully saturated rings. The first-order valence-electron chi connectivity index (χ1n) is 3.46. The van der Waals surface area contributed by atoms with Gasteiger partial charge in [-0.05, 0) is 22.0 Å². The maximum absolute atomic E-state index is 10.8. The molecule has 1 aromatic rings. The Morgan fingerprint density at radius 3 is 2.85 bits per heavy atom. The van der Waals surface area contributed by atoms with E-state index in [0.29, 0.717) is 10.3 Å². The SMILES string of the molecule is COC(=O)/C=C/c1c(Br)nnn1C. The van der Waals surface area contributed by atoms with Gasteiger partial charge in [-0.15, -0.1) is 5.10 Å². The molecule has 70 valence electrons. The third kappa shape index (κ3) is 2.38. The summed E-state index contributed by atoms with van der Waals surface area (Å²) in [5, 5.41) is 7.48. The summed E-state index contributed by atoms with van der Waals surface area (Å²) in [5.74, 6) is -0.409. The molecule has 0 atom stereocenters. The molecule has 1 aromatic heterocycles. The lowest BCUT2D eigenvalue weighted by Gasteiger charge is -1.92. The highest BCUT2D eigenvalue weighted by Gasteiger charge is 2.03. The molecule has 0 saturated carbocycles. The normalized spacial score (nSPS) is 10.7. The predicted octanol–water partition coefficient (Wildman–Crippen LogP) is 0.764. The van der Waals surface area contributed by atoms with Gasteiger partial charge in [0.05, 0.1) is 12.8 Å². The van der Waals surface area contributed by atoms with Gasteiger partial charge >= 0.3 is 5.97 Å². The molecule has 0 aromatic carbocycles. The second-order valence-electron chi connectivity index (χ2n) is 2.25. The van der Waals surface area contributed by atoms with Gasteiger partial charge in [-0.2, -0.15) is 0 Å². The van der Waals surface area contributed by atoms with E-state index in [-0.39, 0.29) is 0 Å². The number of rotatable bonds is 2. The van der Waals surface area contributed by atoms with Crippen LogP contribution in [-0.4, -0.2) is 28.1 Å². The first kappa shape index (κ1) is 9.91. The van der Waals surface area contributed by atoms with Crippen molar-refractivity contribution in [3.8, 4) is 0 Å². The van der Waals surface area contributed by atoms with Crippen molar-refractivity contribution >= 4 is 28.0 Å². The largest absolute Gasteiger partial charge is 0.466 e. The lowest BCUT2D eigenvalue weighted by atomic mass is 10.4. The maximum atomic E-state index is 10.8. The van der Waals surface area contributed by atoms with Crippen LogP contribution in [-0.2, 0) is 16.6 Å². The molecule has 5 nitrogen and oxygen atoms in total. The maximum Gasteiger partial charge on any atom is 0.330 e. The minimum absolute atomic E-state index is 0.409. The molecular formula is C7H8BrN3O2. The summed E-state index contributed by atoms with van der Waals surface area (Å²) < 4.78 is 6.58. The van der Waals surface area contributed by atoms with Gasteiger partial charge in [0.2, 0.25) is 0 Å². The van der Waals surface area contributed by atoms with Crippen molar-refractivity contribution in [3.05, 3.63) is 16.4 Å². The zero-order valence-electron chi connectivity index (χ0n) is 7.19. The highest BCUT2D eigenvalue weighted by molar-refractivity contribution is 9.10. The second kappa shape index (κ2) is 4.18. The van der Waals surface area contributed by atoms with E-state index in [1.54, 1.807) is 17.8 Å². The third-order valence-corrected chi connectivity index (χ3v) is 1.97. The van der Waals surface area contributed by atoms with Gasteiger partial charge in [0, 0.05) is 13.1 Å². The molecule has 13 heavy (non-hydrogen) atoms. The van der Waals surface area contributed by atoms with Crippen molar-refractivity contribution in [3.63, 3.8) is 0 Å². The fraction of sp³-hybridized carbons (Fsp3) is 0.286. The topological polar surface area (TPSA) is 57.0 Å². The van der Waals surface area contributed by atoms with Gasteiger partial charge in [0.1, 0.15) is 0 Å². The number of esters is 1. The molecule has 1 heterocycles. The van der Waals surface area contributed by atoms with Crippen molar-refractivity contribution in [2.75, 3.05) is 7.11 Å². The third-order valence-electron chi connectivity index (χ3n) is 1.41. The highest BCUT2D eigenvalue weighted by Crippen LogP contribution is 2.12. The van der Waals surface area contributed by atoms with E-state index in [4.69, 9.17) is 0 Å². The average molecular weight is 246 g/mol. The molecule has 1 rings (SSSR count). The molecule has 0 bridgehead atoms. The monoisotopic (exact) mass is 245 g/mol. The zero-order valence-corrected chi connectivity index (χ0v) is 8.78. The molecule has 0 N–H and O–H groups in total. The van der Waals surface area contributed by atoms with Gasteiger partial charge in [0.25, 0.3) is 0 Å². The smallest absolute Gasteiger partial charge is 0.330 e. The van der Waals surface area contributed by atoms with E-state index in [2.05, 4.69) is 31.0 Å². The van der Waals surface area contributed by atoms with E-state index < -0.39 is 5.97 Å². The van der Waals surface area contributed by atoms with E-state index in [1.807, 2.05) is 0 Å². The average Bonchev–Trinajstić information content (AvgIpc) is 2.43. The second-order valence-corrected chi connectivity index (χ2v) is 3.00.